The number of nitrogens with one attached hydrogen (secondary N) is 1. The van der Waals surface area contributed by atoms with E-state index in [4.69, 9.17) is 0 Å². The van der Waals surface area contributed by atoms with Crippen LogP contribution in [0.2, 0.25) is 0 Å². The predicted molar refractivity (Wildman–Crippen MR) is 93.9 cm³/mol. The summed E-state index contributed by atoms with van der Waals surface area (Å²) in [6, 6.07) is 24.5. The van der Waals surface area contributed by atoms with Crippen LogP contribution in [0.5, 0.6) is 0 Å². The molecular weight excluding hydrogens is 300 g/mol. The van der Waals surface area contributed by atoms with Gasteiger partial charge in [0.15, 0.2) is 0 Å². The SMILES string of the molecule is O=C([O-])c1cccc(N/N=C\c2ccc(-c3ccccc3)cc2)c1. The first kappa shape index (κ1) is 15.5. The molecule has 4 heteroatoms. The van der Waals surface area contributed by atoms with Crippen molar-refractivity contribution < 1.29 is 9.90 Å². The number of hydrogen-bond acceptors (Lipinski definition) is 4. The summed E-state index contributed by atoms with van der Waals surface area (Å²) in [6.45, 7) is 0. The number of carboxylic acid groups (broad SMARTS) is 1. The predicted octanol–water partition coefficient (Wildman–Crippen LogP) is 3.16. The second-order valence-corrected chi connectivity index (χ2v) is 5.23. The molecule has 3 aromatic rings. The van der Waals surface area contributed by atoms with Crippen LogP contribution >= 0.6 is 0 Å². The van der Waals surface area contributed by atoms with Gasteiger partial charge in [-0.1, -0.05) is 66.7 Å². The summed E-state index contributed by atoms with van der Waals surface area (Å²) in [6.07, 6.45) is 1.68. The van der Waals surface area contributed by atoms with Gasteiger partial charge in [-0.2, -0.15) is 5.10 Å². The molecule has 0 spiro atoms. The van der Waals surface area contributed by atoms with E-state index >= 15 is 0 Å². The fourth-order valence-electron chi connectivity index (χ4n) is 2.29. The minimum absolute atomic E-state index is 0.113. The van der Waals surface area contributed by atoms with Gasteiger partial charge in [0.2, 0.25) is 0 Å². The number of aromatic carboxylic acids is 1. The number of carbonyl (C=O) groups excluding carboxylic acids is 1. The van der Waals surface area contributed by atoms with E-state index in [1.54, 1.807) is 18.3 Å². The van der Waals surface area contributed by atoms with E-state index in [1.165, 1.54) is 17.7 Å². The van der Waals surface area contributed by atoms with Crippen LogP contribution in [0.4, 0.5) is 5.69 Å². The maximum absolute atomic E-state index is 10.8. The van der Waals surface area contributed by atoms with Crippen molar-refractivity contribution in [2.75, 3.05) is 5.43 Å². The van der Waals surface area contributed by atoms with E-state index in [2.05, 4.69) is 22.7 Å². The van der Waals surface area contributed by atoms with Gasteiger partial charge in [-0.05, 0) is 34.4 Å². The molecule has 0 amide bonds. The first-order valence-electron chi connectivity index (χ1n) is 7.48. The maximum atomic E-state index is 10.8. The van der Waals surface area contributed by atoms with Gasteiger partial charge in [0.1, 0.15) is 0 Å². The van der Waals surface area contributed by atoms with Crippen LogP contribution in [-0.4, -0.2) is 12.2 Å². The van der Waals surface area contributed by atoms with Crippen molar-refractivity contribution in [3.8, 4) is 11.1 Å². The van der Waals surface area contributed by atoms with E-state index < -0.39 is 5.97 Å². The normalized spacial score (nSPS) is 10.7. The van der Waals surface area contributed by atoms with E-state index in [9.17, 15) is 9.90 Å². The van der Waals surface area contributed by atoms with Crippen LogP contribution in [-0.2, 0) is 0 Å². The van der Waals surface area contributed by atoms with Crippen molar-refractivity contribution in [2.45, 2.75) is 0 Å². The Morgan fingerprint density at radius 3 is 2.29 bits per heavy atom. The summed E-state index contributed by atoms with van der Waals surface area (Å²) in [4.78, 5) is 10.8. The lowest BCUT2D eigenvalue weighted by Gasteiger charge is -2.05. The quantitative estimate of drug-likeness (QED) is 0.581. The zero-order valence-electron chi connectivity index (χ0n) is 12.8. The minimum atomic E-state index is -1.21. The molecule has 3 aromatic carbocycles. The van der Waals surface area contributed by atoms with Crippen molar-refractivity contribution in [3.05, 3.63) is 90.0 Å². The molecule has 0 aliphatic rings. The Balaban J connectivity index is 1.67. The average Bonchev–Trinajstić information content (AvgIpc) is 2.63. The fraction of sp³-hybridized carbons (Fsp3) is 0. The molecule has 0 bridgehead atoms. The Bertz CT molecular complexity index is 856. The molecule has 118 valence electrons. The van der Waals surface area contributed by atoms with Crippen molar-refractivity contribution in [3.63, 3.8) is 0 Å². The van der Waals surface area contributed by atoms with E-state index in [0.29, 0.717) is 5.69 Å². The third-order valence-corrected chi connectivity index (χ3v) is 3.52. The lowest BCUT2D eigenvalue weighted by Crippen LogP contribution is -2.22. The van der Waals surface area contributed by atoms with Crippen LogP contribution in [0.15, 0.2) is 84.0 Å². The number of carbonyl (C=O) groups is 1. The number of hydrogen-bond donors (Lipinski definition) is 1. The molecule has 0 aliphatic heterocycles. The van der Waals surface area contributed by atoms with Gasteiger partial charge < -0.3 is 9.90 Å². The van der Waals surface area contributed by atoms with Gasteiger partial charge in [-0.25, -0.2) is 0 Å². The Morgan fingerprint density at radius 2 is 1.58 bits per heavy atom. The molecule has 0 saturated heterocycles. The monoisotopic (exact) mass is 315 g/mol. The van der Waals surface area contributed by atoms with Gasteiger partial charge in [-0.15, -0.1) is 0 Å². The van der Waals surface area contributed by atoms with Gasteiger partial charge in [0.25, 0.3) is 0 Å². The summed E-state index contributed by atoms with van der Waals surface area (Å²) in [5.74, 6) is -1.21. The van der Waals surface area contributed by atoms with Gasteiger partial charge >= 0.3 is 0 Å². The molecule has 0 unspecified atom stereocenters. The molecular formula is C20H15N2O2-. The Morgan fingerprint density at radius 1 is 0.875 bits per heavy atom. The lowest BCUT2D eigenvalue weighted by molar-refractivity contribution is -0.255. The molecule has 0 radical (unpaired) electrons. The molecule has 3 rings (SSSR count). The topological polar surface area (TPSA) is 64.5 Å². The molecule has 24 heavy (non-hydrogen) atoms. The zero-order chi connectivity index (χ0) is 16.8. The Kier molecular flexibility index (Phi) is 4.68. The fourth-order valence-corrected chi connectivity index (χ4v) is 2.29. The molecule has 4 nitrogen and oxygen atoms in total. The van der Waals surface area contributed by atoms with E-state index in [1.807, 2.05) is 42.5 Å². The summed E-state index contributed by atoms with van der Waals surface area (Å²) in [7, 11) is 0. The Labute approximate surface area is 140 Å². The van der Waals surface area contributed by atoms with E-state index in [0.717, 1.165) is 11.1 Å². The van der Waals surface area contributed by atoms with Crippen molar-refractivity contribution >= 4 is 17.9 Å². The second kappa shape index (κ2) is 7.24. The minimum Gasteiger partial charge on any atom is -0.545 e. The number of carboxylic acids is 1. The summed E-state index contributed by atoms with van der Waals surface area (Å²) < 4.78 is 0. The third kappa shape index (κ3) is 3.87. The summed E-state index contributed by atoms with van der Waals surface area (Å²) in [5, 5.41) is 14.9. The number of hydrazone groups is 1. The molecule has 1 N–H and O–H groups in total. The van der Waals surface area contributed by atoms with Crippen LogP contribution in [0.3, 0.4) is 0 Å². The summed E-state index contributed by atoms with van der Waals surface area (Å²) >= 11 is 0. The maximum Gasteiger partial charge on any atom is 0.0716 e. The van der Waals surface area contributed by atoms with E-state index in [-0.39, 0.29) is 5.56 Å². The highest BCUT2D eigenvalue weighted by atomic mass is 16.4. The Hall–Kier alpha value is -3.40. The zero-order valence-corrected chi connectivity index (χ0v) is 12.8. The smallest absolute Gasteiger partial charge is 0.0716 e. The van der Waals surface area contributed by atoms with Crippen LogP contribution in [0.1, 0.15) is 15.9 Å². The number of benzene rings is 3. The molecule has 0 aliphatic carbocycles. The lowest BCUT2D eigenvalue weighted by atomic mass is 10.0. The molecule has 0 fully saturated rings. The third-order valence-electron chi connectivity index (χ3n) is 3.52. The number of nitrogens with zero attached hydrogens (tertiary/aromatic N) is 1. The molecule has 0 heterocycles. The highest BCUT2D eigenvalue weighted by Crippen LogP contribution is 2.18. The first-order valence-corrected chi connectivity index (χ1v) is 7.48. The molecule has 0 atom stereocenters. The summed E-state index contributed by atoms with van der Waals surface area (Å²) in [5.41, 5.74) is 6.77. The standard InChI is InChI=1S/C20H16N2O2/c23-20(24)18-7-4-8-19(13-18)22-21-14-15-9-11-17(12-10-15)16-5-2-1-3-6-16/h1-14,22H,(H,23,24)/p-1/b21-14-. The van der Waals surface area contributed by atoms with Gasteiger partial charge in [-0.3, -0.25) is 5.43 Å². The highest BCUT2D eigenvalue weighted by Gasteiger charge is 1.97. The van der Waals surface area contributed by atoms with Crippen LogP contribution in [0, 0.1) is 0 Å². The van der Waals surface area contributed by atoms with Crippen molar-refractivity contribution in [1.82, 2.24) is 0 Å². The number of rotatable bonds is 5. The van der Waals surface area contributed by atoms with Crippen LogP contribution in [0.25, 0.3) is 11.1 Å². The van der Waals surface area contributed by atoms with Crippen LogP contribution < -0.4 is 10.5 Å². The first-order chi connectivity index (χ1) is 11.7. The largest absolute Gasteiger partial charge is 0.545 e. The average molecular weight is 315 g/mol. The van der Waals surface area contributed by atoms with Crippen molar-refractivity contribution in [1.29, 1.82) is 0 Å². The molecule has 0 saturated carbocycles. The second-order valence-electron chi connectivity index (χ2n) is 5.23. The van der Waals surface area contributed by atoms with Crippen molar-refractivity contribution in [2.24, 2.45) is 5.10 Å². The highest BCUT2D eigenvalue weighted by molar-refractivity contribution is 5.87. The van der Waals surface area contributed by atoms with Gasteiger partial charge in [0.05, 0.1) is 17.9 Å². The number of anilines is 1. The molecule has 0 aromatic heterocycles. The van der Waals surface area contributed by atoms with Gasteiger partial charge in [0, 0.05) is 0 Å².